The highest BCUT2D eigenvalue weighted by atomic mass is 32.2. The minimum Gasteiger partial charge on any atom is -0.249 e. The molecular weight excluding hydrogens is 331 g/mol. The number of nitrogens with zero attached hydrogens (tertiary/aromatic N) is 4. The van der Waals surface area contributed by atoms with Crippen molar-refractivity contribution >= 4 is 10.0 Å². The van der Waals surface area contributed by atoms with Crippen LogP contribution in [0.25, 0.3) is 0 Å². The van der Waals surface area contributed by atoms with E-state index in [1.165, 1.54) is 41.4 Å². The molecule has 0 amide bonds. The highest BCUT2D eigenvalue weighted by molar-refractivity contribution is 7.89. The van der Waals surface area contributed by atoms with E-state index in [9.17, 15) is 12.8 Å². The first-order valence-electron chi connectivity index (χ1n) is 8.22. The summed E-state index contributed by atoms with van der Waals surface area (Å²) < 4.78 is 42.3. The van der Waals surface area contributed by atoms with Crippen LogP contribution in [-0.4, -0.2) is 40.8 Å². The summed E-state index contributed by atoms with van der Waals surface area (Å²) >= 11 is 0. The number of sulfonamides is 1. The lowest BCUT2D eigenvalue weighted by atomic mass is 10.1. The molecule has 1 saturated carbocycles. The summed E-state index contributed by atoms with van der Waals surface area (Å²) in [6.07, 6.45) is 5.65. The monoisotopic (exact) mass is 350 g/mol. The van der Waals surface area contributed by atoms with Gasteiger partial charge >= 0.3 is 0 Å². The Morgan fingerprint density at radius 2 is 1.79 bits per heavy atom. The van der Waals surface area contributed by atoms with Crippen LogP contribution in [0.3, 0.4) is 0 Å². The van der Waals surface area contributed by atoms with Crippen LogP contribution in [0, 0.1) is 5.82 Å². The average Bonchev–Trinajstić information content (AvgIpc) is 3.32. The van der Waals surface area contributed by atoms with E-state index < -0.39 is 15.8 Å². The normalized spacial score (nSPS) is 20.4. The van der Waals surface area contributed by atoms with Crippen molar-refractivity contribution in [3.63, 3.8) is 0 Å². The number of aromatic nitrogens is 3. The maximum Gasteiger partial charge on any atom is 0.245 e. The Morgan fingerprint density at radius 1 is 1.08 bits per heavy atom. The van der Waals surface area contributed by atoms with Gasteiger partial charge in [-0.15, -0.1) is 5.10 Å². The molecule has 24 heavy (non-hydrogen) atoms. The van der Waals surface area contributed by atoms with Crippen molar-refractivity contribution in [3.05, 3.63) is 42.0 Å². The zero-order chi connectivity index (χ0) is 16.7. The molecule has 0 spiro atoms. The number of piperidine rings is 1. The zero-order valence-electron chi connectivity index (χ0n) is 13.2. The molecule has 0 unspecified atom stereocenters. The number of hydrogen-bond acceptors (Lipinski definition) is 4. The van der Waals surface area contributed by atoms with Crippen LogP contribution in [0.2, 0.25) is 0 Å². The van der Waals surface area contributed by atoms with Gasteiger partial charge in [-0.05, 0) is 37.8 Å². The van der Waals surface area contributed by atoms with Crippen molar-refractivity contribution in [2.75, 3.05) is 13.1 Å². The zero-order valence-corrected chi connectivity index (χ0v) is 14.0. The summed E-state index contributed by atoms with van der Waals surface area (Å²) in [5, 5.41) is 8.41. The second-order valence-corrected chi connectivity index (χ2v) is 8.37. The molecule has 2 aromatic rings. The molecule has 1 aromatic heterocycles. The van der Waals surface area contributed by atoms with Gasteiger partial charge in [0.05, 0.1) is 11.7 Å². The van der Waals surface area contributed by atoms with Gasteiger partial charge in [0.1, 0.15) is 10.7 Å². The molecule has 128 valence electrons. The van der Waals surface area contributed by atoms with E-state index in [-0.39, 0.29) is 10.9 Å². The predicted octanol–water partition coefficient (Wildman–Crippen LogP) is 2.32. The van der Waals surface area contributed by atoms with Gasteiger partial charge in [-0.25, -0.2) is 17.5 Å². The maximum atomic E-state index is 13.8. The Labute approximate surface area is 140 Å². The lowest BCUT2D eigenvalue weighted by Gasteiger charge is -2.31. The molecule has 1 aromatic carbocycles. The maximum absolute atomic E-state index is 13.8. The molecule has 6 nitrogen and oxygen atoms in total. The molecule has 1 aliphatic heterocycles. The summed E-state index contributed by atoms with van der Waals surface area (Å²) in [6, 6.07) is 5.67. The summed E-state index contributed by atoms with van der Waals surface area (Å²) in [5.74, 6) is -0.148. The number of benzene rings is 1. The van der Waals surface area contributed by atoms with E-state index in [0.717, 1.165) is 5.69 Å². The van der Waals surface area contributed by atoms with Crippen LogP contribution in [0.1, 0.15) is 43.3 Å². The van der Waals surface area contributed by atoms with Crippen molar-refractivity contribution < 1.29 is 12.8 Å². The molecule has 0 N–H and O–H groups in total. The Bertz CT molecular complexity index is 839. The van der Waals surface area contributed by atoms with Crippen LogP contribution >= 0.6 is 0 Å². The highest BCUT2D eigenvalue weighted by Gasteiger charge is 2.33. The highest BCUT2D eigenvalue weighted by Crippen LogP contribution is 2.39. The van der Waals surface area contributed by atoms with Gasteiger partial charge in [-0.3, -0.25) is 0 Å². The molecule has 2 fully saturated rings. The molecule has 4 rings (SSSR count). The van der Waals surface area contributed by atoms with Crippen LogP contribution in [0.15, 0.2) is 35.4 Å². The first-order chi connectivity index (χ1) is 11.6. The molecule has 0 radical (unpaired) electrons. The van der Waals surface area contributed by atoms with Gasteiger partial charge in [-0.2, -0.15) is 4.31 Å². The standard InChI is InChI=1S/C16H19FN4O2S/c17-14-3-1-2-4-16(14)24(22,23)20-9-7-13(8-10-20)21-11-15(18-19-21)12-5-6-12/h1-4,11-13H,5-10H2. The number of halogens is 1. The van der Waals surface area contributed by atoms with Crippen LogP contribution in [-0.2, 0) is 10.0 Å². The summed E-state index contributed by atoms with van der Waals surface area (Å²) in [5.41, 5.74) is 1.04. The fourth-order valence-corrected chi connectivity index (χ4v) is 4.71. The van der Waals surface area contributed by atoms with Crippen molar-refractivity contribution in [1.29, 1.82) is 0 Å². The van der Waals surface area contributed by atoms with E-state index in [1.54, 1.807) is 0 Å². The van der Waals surface area contributed by atoms with Crippen molar-refractivity contribution in [1.82, 2.24) is 19.3 Å². The Kier molecular flexibility index (Phi) is 3.88. The van der Waals surface area contributed by atoms with E-state index >= 15 is 0 Å². The predicted molar refractivity (Wildman–Crippen MR) is 85.4 cm³/mol. The van der Waals surface area contributed by atoms with E-state index in [0.29, 0.717) is 31.8 Å². The molecule has 0 atom stereocenters. The smallest absolute Gasteiger partial charge is 0.245 e. The fraction of sp³-hybridized carbons (Fsp3) is 0.500. The minimum absolute atomic E-state index is 0.150. The molecular formula is C16H19FN4O2S. The molecule has 0 bridgehead atoms. The van der Waals surface area contributed by atoms with Gasteiger partial charge < -0.3 is 0 Å². The molecule has 2 aliphatic rings. The van der Waals surface area contributed by atoms with Gasteiger partial charge in [-0.1, -0.05) is 17.3 Å². The van der Waals surface area contributed by atoms with Gasteiger partial charge in [0.25, 0.3) is 0 Å². The fourth-order valence-electron chi connectivity index (χ4n) is 3.18. The lowest BCUT2D eigenvalue weighted by molar-refractivity contribution is 0.258. The van der Waals surface area contributed by atoms with Crippen molar-refractivity contribution in [3.8, 4) is 0 Å². The second-order valence-electron chi connectivity index (χ2n) is 6.46. The summed E-state index contributed by atoms with van der Waals surface area (Å²) in [4.78, 5) is -0.250. The van der Waals surface area contributed by atoms with Gasteiger partial charge in [0.2, 0.25) is 10.0 Å². The topological polar surface area (TPSA) is 68.1 Å². The van der Waals surface area contributed by atoms with E-state index in [4.69, 9.17) is 0 Å². The molecule has 2 heterocycles. The van der Waals surface area contributed by atoms with Crippen LogP contribution in [0.5, 0.6) is 0 Å². The Hall–Kier alpha value is -1.80. The van der Waals surface area contributed by atoms with E-state index in [1.807, 2.05) is 10.9 Å². The molecule has 1 aliphatic carbocycles. The molecule has 1 saturated heterocycles. The van der Waals surface area contributed by atoms with Crippen LogP contribution in [0.4, 0.5) is 4.39 Å². The number of rotatable bonds is 4. The Balaban J connectivity index is 1.46. The first kappa shape index (κ1) is 15.7. The van der Waals surface area contributed by atoms with Gasteiger partial charge in [0, 0.05) is 25.2 Å². The van der Waals surface area contributed by atoms with Crippen molar-refractivity contribution in [2.24, 2.45) is 0 Å². The molecule has 8 heteroatoms. The average molecular weight is 350 g/mol. The summed E-state index contributed by atoms with van der Waals surface area (Å²) in [6.45, 7) is 0.722. The van der Waals surface area contributed by atoms with Crippen molar-refractivity contribution in [2.45, 2.75) is 42.5 Å². The van der Waals surface area contributed by atoms with Gasteiger partial charge in [0.15, 0.2) is 0 Å². The number of hydrogen-bond donors (Lipinski definition) is 0. The summed E-state index contributed by atoms with van der Waals surface area (Å²) in [7, 11) is -3.78. The quantitative estimate of drug-likeness (QED) is 0.849. The minimum atomic E-state index is -3.78. The largest absolute Gasteiger partial charge is 0.249 e. The lowest BCUT2D eigenvalue weighted by Crippen LogP contribution is -2.39. The first-order valence-corrected chi connectivity index (χ1v) is 9.66. The third-order valence-corrected chi connectivity index (χ3v) is 6.71. The third kappa shape index (κ3) is 2.84. The van der Waals surface area contributed by atoms with E-state index in [2.05, 4.69) is 10.3 Å². The Morgan fingerprint density at radius 3 is 2.46 bits per heavy atom. The second kappa shape index (κ2) is 5.93. The third-order valence-electron chi connectivity index (χ3n) is 4.78. The van der Waals surface area contributed by atoms with Crippen LogP contribution < -0.4 is 0 Å². The SMILES string of the molecule is O=S(=O)(c1ccccc1F)N1CCC(n2cc(C3CC3)nn2)CC1.